The fourth-order valence-corrected chi connectivity index (χ4v) is 6.86. The van der Waals surface area contributed by atoms with Gasteiger partial charge in [-0.3, -0.25) is 19.3 Å². The summed E-state index contributed by atoms with van der Waals surface area (Å²) >= 11 is 1.32. The zero-order valence-electron chi connectivity index (χ0n) is 22.5. The van der Waals surface area contributed by atoms with Crippen LogP contribution >= 0.6 is 11.3 Å². The third-order valence-corrected chi connectivity index (χ3v) is 9.18. The van der Waals surface area contributed by atoms with Crippen molar-refractivity contribution in [1.82, 2.24) is 10.3 Å². The first-order valence-electron chi connectivity index (χ1n) is 12.9. The number of carbonyl (C=O) groups excluding carboxylic acids is 2. The van der Waals surface area contributed by atoms with E-state index >= 15 is 0 Å². The third kappa shape index (κ3) is 5.80. The van der Waals surface area contributed by atoms with Gasteiger partial charge >= 0.3 is 5.97 Å². The van der Waals surface area contributed by atoms with Gasteiger partial charge in [0.1, 0.15) is 22.8 Å². The van der Waals surface area contributed by atoms with E-state index < -0.39 is 22.5 Å². The summed E-state index contributed by atoms with van der Waals surface area (Å²) in [6, 6.07) is 21.9. The maximum atomic E-state index is 14.0. The molecule has 0 unspecified atom stereocenters. The Balaban J connectivity index is 1.47. The monoisotopic (exact) mass is 601 g/mol. The first-order chi connectivity index (χ1) is 20.2. The van der Waals surface area contributed by atoms with Gasteiger partial charge in [-0.2, -0.15) is 0 Å². The number of aromatic nitrogens is 1. The molecular formula is C30H27N5O5S2. The predicted octanol–water partition coefficient (Wildman–Crippen LogP) is 4.42. The lowest BCUT2D eigenvalue weighted by Gasteiger charge is -2.24. The standard InChI is InChI=1S/C30H27N5O5S2/c1-2-40-27(36)17-35(42(38,39)26-8-4-7-25-28(26)34-18-41-25)22-13-14-23-21(15-22)5-3-6-24(23)30(37)33-16-19-9-11-20(12-10-19)29(31)32/h3-15,18H,2,16-17H2,1H3,(H3,31,32)(H,33,37). The summed E-state index contributed by atoms with van der Waals surface area (Å²) in [5.41, 5.74) is 9.49. The van der Waals surface area contributed by atoms with Gasteiger partial charge in [0.2, 0.25) is 0 Å². The highest BCUT2D eigenvalue weighted by atomic mass is 32.2. The molecule has 0 radical (unpaired) electrons. The number of carbonyl (C=O) groups is 2. The van der Waals surface area contributed by atoms with Gasteiger partial charge in [-0.1, -0.05) is 48.5 Å². The SMILES string of the molecule is CCOC(=O)CN(c1ccc2c(C(=O)NCc3ccc(C(=N)N)cc3)cccc2c1)S(=O)(=O)c1cccc2scnc12. The Morgan fingerprint density at radius 3 is 2.55 bits per heavy atom. The van der Waals surface area contributed by atoms with Crippen molar-refractivity contribution in [3.8, 4) is 0 Å². The number of benzene rings is 4. The molecular weight excluding hydrogens is 574 g/mol. The van der Waals surface area contributed by atoms with Crippen molar-refractivity contribution in [2.75, 3.05) is 17.5 Å². The van der Waals surface area contributed by atoms with Gasteiger partial charge in [-0.05, 0) is 53.6 Å². The van der Waals surface area contributed by atoms with Gasteiger partial charge in [-0.15, -0.1) is 11.3 Å². The van der Waals surface area contributed by atoms with Crippen LogP contribution < -0.4 is 15.4 Å². The molecule has 1 amide bonds. The number of hydrogen-bond donors (Lipinski definition) is 3. The van der Waals surface area contributed by atoms with Crippen LogP contribution in [0.15, 0.2) is 89.3 Å². The zero-order chi connectivity index (χ0) is 29.9. The van der Waals surface area contributed by atoms with Gasteiger partial charge < -0.3 is 15.8 Å². The van der Waals surface area contributed by atoms with Crippen molar-refractivity contribution < 1.29 is 22.7 Å². The lowest BCUT2D eigenvalue weighted by molar-refractivity contribution is -0.141. The molecule has 0 bridgehead atoms. The molecule has 12 heteroatoms. The fourth-order valence-electron chi connectivity index (χ4n) is 4.53. The number of ether oxygens (including phenoxy) is 1. The summed E-state index contributed by atoms with van der Waals surface area (Å²) in [5, 5.41) is 11.6. The Labute approximate surface area is 246 Å². The molecule has 214 valence electrons. The van der Waals surface area contributed by atoms with E-state index in [-0.39, 0.29) is 35.5 Å². The minimum atomic E-state index is -4.23. The second-order valence-corrected chi connectivity index (χ2v) is 12.0. The summed E-state index contributed by atoms with van der Waals surface area (Å²) in [7, 11) is -4.23. The lowest BCUT2D eigenvalue weighted by atomic mass is 10.0. The Morgan fingerprint density at radius 2 is 1.81 bits per heavy atom. The van der Waals surface area contributed by atoms with Crippen molar-refractivity contribution in [2.45, 2.75) is 18.4 Å². The van der Waals surface area contributed by atoms with E-state index in [4.69, 9.17) is 15.9 Å². The van der Waals surface area contributed by atoms with Gasteiger partial charge in [0.05, 0.1) is 22.5 Å². The van der Waals surface area contributed by atoms with Gasteiger partial charge in [0.25, 0.3) is 15.9 Å². The molecule has 0 aliphatic heterocycles. The average Bonchev–Trinajstić information content (AvgIpc) is 3.47. The number of nitrogen functional groups attached to an aromatic ring is 1. The third-order valence-electron chi connectivity index (χ3n) is 6.58. The first-order valence-corrected chi connectivity index (χ1v) is 15.3. The largest absolute Gasteiger partial charge is 0.465 e. The number of amides is 1. The molecule has 0 atom stereocenters. The zero-order valence-corrected chi connectivity index (χ0v) is 24.2. The Hall–Kier alpha value is -4.81. The van der Waals surface area contributed by atoms with E-state index in [1.807, 2.05) is 0 Å². The summed E-state index contributed by atoms with van der Waals surface area (Å²) in [5.74, 6) is -1.04. The number of nitrogens with zero attached hydrogens (tertiary/aromatic N) is 2. The van der Waals surface area contributed by atoms with Crippen LogP contribution in [-0.4, -0.2) is 44.3 Å². The lowest BCUT2D eigenvalue weighted by Crippen LogP contribution is -2.36. The van der Waals surface area contributed by atoms with E-state index in [0.29, 0.717) is 32.1 Å². The maximum absolute atomic E-state index is 14.0. The number of rotatable bonds is 10. The number of para-hydroxylation sites is 1. The molecule has 1 heterocycles. The van der Waals surface area contributed by atoms with Crippen molar-refractivity contribution in [1.29, 1.82) is 5.41 Å². The highest BCUT2D eigenvalue weighted by molar-refractivity contribution is 7.93. The van der Waals surface area contributed by atoms with Crippen LogP contribution in [0.3, 0.4) is 0 Å². The van der Waals surface area contributed by atoms with Crippen LogP contribution in [0, 0.1) is 5.41 Å². The molecule has 4 N–H and O–H groups in total. The number of anilines is 1. The Bertz CT molecular complexity index is 1920. The minimum absolute atomic E-state index is 0.0184. The summed E-state index contributed by atoms with van der Waals surface area (Å²) in [4.78, 5) is 29.9. The number of esters is 1. The van der Waals surface area contributed by atoms with Crippen LogP contribution in [0.5, 0.6) is 0 Å². The van der Waals surface area contributed by atoms with Crippen LogP contribution in [-0.2, 0) is 26.1 Å². The van der Waals surface area contributed by atoms with E-state index in [2.05, 4.69) is 10.3 Å². The fraction of sp³-hybridized carbons (Fsp3) is 0.133. The summed E-state index contributed by atoms with van der Waals surface area (Å²) in [6.07, 6.45) is 0. The van der Waals surface area contributed by atoms with E-state index in [9.17, 15) is 18.0 Å². The molecule has 0 spiro atoms. The highest BCUT2D eigenvalue weighted by Gasteiger charge is 2.30. The van der Waals surface area contributed by atoms with Gasteiger partial charge in [0.15, 0.2) is 0 Å². The molecule has 0 aliphatic carbocycles. The molecule has 1 aromatic heterocycles. The number of sulfonamides is 1. The van der Waals surface area contributed by atoms with Crippen molar-refractivity contribution in [2.24, 2.45) is 5.73 Å². The van der Waals surface area contributed by atoms with Gasteiger partial charge in [-0.25, -0.2) is 13.4 Å². The number of hydrogen-bond acceptors (Lipinski definition) is 8. The normalized spacial score (nSPS) is 11.4. The van der Waals surface area contributed by atoms with Crippen LogP contribution in [0.25, 0.3) is 21.0 Å². The summed E-state index contributed by atoms with van der Waals surface area (Å²) < 4.78 is 34.8. The van der Waals surface area contributed by atoms with Crippen molar-refractivity contribution in [3.05, 3.63) is 101 Å². The number of thiazole rings is 1. The second kappa shape index (κ2) is 12.0. The molecule has 0 aliphatic rings. The Kier molecular flexibility index (Phi) is 8.18. The highest BCUT2D eigenvalue weighted by Crippen LogP contribution is 2.32. The summed E-state index contributed by atoms with van der Waals surface area (Å²) in [6.45, 7) is 1.48. The Morgan fingerprint density at radius 1 is 1.05 bits per heavy atom. The quantitative estimate of drug-likeness (QED) is 0.122. The maximum Gasteiger partial charge on any atom is 0.326 e. The number of amidine groups is 1. The minimum Gasteiger partial charge on any atom is -0.465 e. The predicted molar refractivity (Wildman–Crippen MR) is 163 cm³/mol. The van der Waals surface area contributed by atoms with Crippen LogP contribution in [0.4, 0.5) is 5.69 Å². The number of nitrogens with one attached hydrogen (secondary N) is 2. The van der Waals surface area contributed by atoms with E-state index in [0.717, 1.165) is 9.87 Å². The second-order valence-electron chi connectivity index (χ2n) is 9.28. The van der Waals surface area contributed by atoms with Crippen molar-refractivity contribution in [3.63, 3.8) is 0 Å². The molecule has 5 aromatic rings. The first kappa shape index (κ1) is 28.7. The molecule has 5 rings (SSSR count). The van der Waals surface area contributed by atoms with Crippen LogP contribution in [0.1, 0.15) is 28.4 Å². The number of nitrogens with two attached hydrogens (primary N) is 1. The number of fused-ring (bicyclic) bond motifs is 2. The molecule has 42 heavy (non-hydrogen) atoms. The molecule has 0 saturated heterocycles. The van der Waals surface area contributed by atoms with E-state index in [1.165, 1.54) is 17.4 Å². The molecule has 10 nitrogen and oxygen atoms in total. The van der Waals surface area contributed by atoms with Gasteiger partial charge in [0, 0.05) is 17.7 Å². The van der Waals surface area contributed by atoms with E-state index in [1.54, 1.807) is 85.2 Å². The average molecular weight is 602 g/mol. The molecule has 0 fully saturated rings. The van der Waals surface area contributed by atoms with Crippen molar-refractivity contribution >= 4 is 65.7 Å². The molecule has 4 aromatic carbocycles. The molecule has 0 saturated carbocycles. The topological polar surface area (TPSA) is 156 Å². The smallest absolute Gasteiger partial charge is 0.326 e. The van der Waals surface area contributed by atoms with Crippen LogP contribution in [0.2, 0.25) is 0 Å².